The monoisotopic (exact) mass is 383 g/mol. The third-order valence-corrected chi connectivity index (χ3v) is 3.80. The average Bonchev–Trinajstić information content (AvgIpc) is 2.36. The summed E-state index contributed by atoms with van der Waals surface area (Å²) >= 11 is 6.44. The van der Waals surface area contributed by atoms with Crippen LogP contribution in [0.15, 0.2) is 45.3 Å². The number of anilines is 1. The van der Waals surface area contributed by atoms with E-state index in [2.05, 4.69) is 37.2 Å². The number of rotatable bonds is 2. The van der Waals surface area contributed by atoms with Crippen LogP contribution in [0.3, 0.4) is 0 Å². The van der Waals surface area contributed by atoms with Gasteiger partial charge in [-0.25, -0.2) is 0 Å². The summed E-state index contributed by atoms with van der Waals surface area (Å²) in [5, 5.41) is 12.4. The minimum Gasteiger partial charge on any atom is -0.506 e. The molecule has 19 heavy (non-hydrogen) atoms. The molecule has 2 aromatic carbocycles. The van der Waals surface area contributed by atoms with Gasteiger partial charge in [-0.1, -0.05) is 17.7 Å². The van der Waals surface area contributed by atoms with E-state index in [1.165, 1.54) is 0 Å². The van der Waals surface area contributed by atoms with E-state index in [4.69, 9.17) is 0 Å². The molecule has 2 rings (SSSR count). The number of hydrogen-bond donors (Lipinski definition) is 2. The number of carbonyl (C=O) groups excluding carboxylic acids is 1. The quantitative estimate of drug-likeness (QED) is 0.750. The van der Waals surface area contributed by atoms with E-state index in [-0.39, 0.29) is 11.7 Å². The second kappa shape index (κ2) is 5.75. The molecule has 0 fully saturated rings. The first kappa shape index (κ1) is 14.1. The van der Waals surface area contributed by atoms with Crippen molar-refractivity contribution >= 4 is 43.5 Å². The molecule has 0 aliphatic heterocycles. The number of halogens is 2. The van der Waals surface area contributed by atoms with Gasteiger partial charge >= 0.3 is 0 Å². The lowest BCUT2D eigenvalue weighted by atomic mass is 10.1. The summed E-state index contributed by atoms with van der Waals surface area (Å²) in [6.07, 6.45) is 0. The maximum atomic E-state index is 12.0. The maximum Gasteiger partial charge on any atom is 0.255 e. The van der Waals surface area contributed by atoms with Crippen molar-refractivity contribution in [2.45, 2.75) is 6.92 Å². The lowest BCUT2D eigenvalue weighted by Crippen LogP contribution is -2.11. The van der Waals surface area contributed by atoms with Crippen LogP contribution in [-0.4, -0.2) is 11.0 Å². The van der Waals surface area contributed by atoms with Crippen molar-refractivity contribution in [2.24, 2.45) is 0 Å². The third-order valence-electron chi connectivity index (χ3n) is 2.59. The van der Waals surface area contributed by atoms with E-state index < -0.39 is 0 Å². The molecule has 0 spiro atoms. The fraction of sp³-hybridized carbons (Fsp3) is 0.0714. The second-order valence-corrected chi connectivity index (χ2v) is 5.82. The van der Waals surface area contributed by atoms with E-state index in [1.807, 2.05) is 19.1 Å². The molecule has 5 heteroatoms. The fourth-order valence-electron chi connectivity index (χ4n) is 1.55. The molecule has 0 aromatic heterocycles. The van der Waals surface area contributed by atoms with Gasteiger partial charge < -0.3 is 10.4 Å². The summed E-state index contributed by atoms with van der Waals surface area (Å²) in [6, 6.07) is 10.6. The van der Waals surface area contributed by atoms with Crippen LogP contribution in [0.4, 0.5) is 5.69 Å². The van der Waals surface area contributed by atoms with Gasteiger partial charge in [0.05, 0.1) is 8.95 Å². The van der Waals surface area contributed by atoms with Crippen molar-refractivity contribution in [2.75, 3.05) is 5.32 Å². The van der Waals surface area contributed by atoms with Crippen LogP contribution < -0.4 is 5.32 Å². The molecular formula is C14H11Br2NO2. The smallest absolute Gasteiger partial charge is 0.255 e. The lowest BCUT2D eigenvalue weighted by Gasteiger charge is -2.08. The van der Waals surface area contributed by atoms with Crippen LogP contribution in [0.5, 0.6) is 5.75 Å². The number of amides is 1. The highest BCUT2D eigenvalue weighted by atomic mass is 79.9. The summed E-state index contributed by atoms with van der Waals surface area (Å²) in [4.78, 5) is 12.0. The number of carbonyl (C=O) groups is 1. The van der Waals surface area contributed by atoms with Crippen LogP contribution in [-0.2, 0) is 0 Å². The Bertz CT molecular complexity index is 601. The number of aromatic hydroxyl groups is 1. The zero-order valence-electron chi connectivity index (χ0n) is 10.1. The van der Waals surface area contributed by atoms with Gasteiger partial charge in [0, 0.05) is 11.3 Å². The highest BCUT2D eigenvalue weighted by molar-refractivity contribution is 9.11. The molecule has 0 bridgehead atoms. The van der Waals surface area contributed by atoms with Crippen LogP contribution in [0, 0.1) is 6.92 Å². The van der Waals surface area contributed by atoms with Gasteiger partial charge in [-0.05, 0) is 63.0 Å². The van der Waals surface area contributed by atoms with Crippen molar-refractivity contribution in [3.8, 4) is 5.75 Å². The van der Waals surface area contributed by atoms with Gasteiger partial charge in [0.15, 0.2) is 0 Å². The van der Waals surface area contributed by atoms with E-state index in [9.17, 15) is 9.90 Å². The van der Waals surface area contributed by atoms with Crippen molar-refractivity contribution in [3.63, 3.8) is 0 Å². The zero-order chi connectivity index (χ0) is 14.0. The predicted molar refractivity (Wildman–Crippen MR) is 82.6 cm³/mol. The van der Waals surface area contributed by atoms with E-state index >= 15 is 0 Å². The zero-order valence-corrected chi connectivity index (χ0v) is 13.2. The first-order valence-electron chi connectivity index (χ1n) is 5.53. The molecule has 0 radical (unpaired) electrons. The molecular weight excluding hydrogens is 374 g/mol. The number of nitrogens with one attached hydrogen (secondary N) is 1. The van der Waals surface area contributed by atoms with Crippen molar-refractivity contribution in [1.82, 2.24) is 0 Å². The Hall–Kier alpha value is -1.33. The number of phenols is 1. The van der Waals surface area contributed by atoms with Crippen LogP contribution in [0.25, 0.3) is 0 Å². The Balaban J connectivity index is 2.22. The largest absolute Gasteiger partial charge is 0.506 e. The van der Waals surface area contributed by atoms with E-state index in [1.54, 1.807) is 24.3 Å². The molecule has 2 aromatic rings. The Morgan fingerprint density at radius 2 is 1.63 bits per heavy atom. The molecule has 1 amide bonds. The standard InChI is InChI=1S/C14H11Br2NO2/c1-8-2-4-9(5-3-8)14(19)17-10-6-11(15)13(18)12(16)7-10/h2-7,18H,1H3,(H,17,19). The van der Waals surface area contributed by atoms with Crippen LogP contribution in [0.2, 0.25) is 0 Å². The second-order valence-electron chi connectivity index (χ2n) is 4.11. The van der Waals surface area contributed by atoms with Crippen LogP contribution >= 0.6 is 31.9 Å². The van der Waals surface area contributed by atoms with Gasteiger partial charge in [0.2, 0.25) is 0 Å². The number of phenolic OH excluding ortho intramolecular Hbond substituents is 1. The number of hydrogen-bond acceptors (Lipinski definition) is 2. The van der Waals surface area contributed by atoms with Crippen molar-refractivity contribution in [1.29, 1.82) is 0 Å². The summed E-state index contributed by atoms with van der Waals surface area (Å²) < 4.78 is 1.03. The molecule has 0 heterocycles. The summed E-state index contributed by atoms with van der Waals surface area (Å²) in [5.74, 6) is -0.0853. The summed E-state index contributed by atoms with van der Waals surface area (Å²) in [7, 11) is 0. The van der Waals surface area contributed by atoms with Gasteiger partial charge in [-0.15, -0.1) is 0 Å². The molecule has 0 unspecified atom stereocenters. The third kappa shape index (κ3) is 3.36. The minimum atomic E-state index is -0.190. The first-order valence-corrected chi connectivity index (χ1v) is 7.12. The molecule has 0 saturated heterocycles. The molecule has 98 valence electrons. The maximum absolute atomic E-state index is 12.0. The van der Waals surface area contributed by atoms with E-state index in [0.717, 1.165) is 5.56 Å². The molecule has 2 N–H and O–H groups in total. The first-order chi connectivity index (χ1) is 8.97. The minimum absolute atomic E-state index is 0.105. The molecule has 0 saturated carbocycles. The topological polar surface area (TPSA) is 49.3 Å². The van der Waals surface area contributed by atoms with Gasteiger partial charge in [0.1, 0.15) is 5.75 Å². The normalized spacial score (nSPS) is 10.3. The van der Waals surface area contributed by atoms with Gasteiger partial charge in [-0.2, -0.15) is 0 Å². The molecule has 0 atom stereocenters. The molecule has 3 nitrogen and oxygen atoms in total. The Kier molecular flexibility index (Phi) is 4.27. The predicted octanol–water partition coefficient (Wildman–Crippen LogP) is 4.48. The highest BCUT2D eigenvalue weighted by Gasteiger charge is 2.09. The molecule has 0 aliphatic rings. The fourth-order valence-corrected chi connectivity index (χ4v) is 2.73. The summed E-state index contributed by atoms with van der Waals surface area (Å²) in [6.45, 7) is 1.97. The summed E-state index contributed by atoms with van der Waals surface area (Å²) in [5.41, 5.74) is 2.29. The van der Waals surface area contributed by atoms with Crippen molar-refractivity contribution < 1.29 is 9.90 Å². The van der Waals surface area contributed by atoms with Crippen molar-refractivity contribution in [3.05, 3.63) is 56.5 Å². The SMILES string of the molecule is Cc1ccc(C(=O)Nc2cc(Br)c(O)c(Br)c2)cc1. The van der Waals surface area contributed by atoms with Gasteiger partial charge in [0.25, 0.3) is 5.91 Å². The Morgan fingerprint density at radius 3 is 2.16 bits per heavy atom. The van der Waals surface area contributed by atoms with E-state index in [0.29, 0.717) is 20.2 Å². The highest BCUT2D eigenvalue weighted by Crippen LogP contribution is 2.35. The number of benzene rings is 2. The van der Waals surface area contributed by atoms with Crippen LogP contribution in [0.1, 0.15) is 15.9 Å². The Morgan fingerprint density at radius 1 is 1.11 bits per heavy atom. The Labute approximate surface area is 127 Å². The number of aryl methyl sites for hydroxylation is 1. The lowest BCUT2D eigenvalue weighted by molar-refractivity contribution is 0.102. The average molecular weight is 385 g/mol. The molecule has 0 aliphatic carbocycles. The van der Waals surface area contributed by atoms with Gasteiger partial charge in [-0.3, -0.25) is 4.79 Å².